The second-order valence-electron chi connectivity index (χ2n) is 2.78. The fourth-order valence-corrected chi connectivity index (χ4v) is 1.22. The van der Waals surface area contributed by atoms with Gasteiger partial charge in [-0.3, -0.25) is 0 Å². The number of para-hydroxylation sites is 1. The van der Waals surface area contributed by atoms with Crippen LogP contribution in [0.2, 0.25) is 0 Å². The highest BCUT2D eigenvalue weighted by Gasteiger charge is 2.11. The molecule has 0 fully saturated rings. The monoisotopic (exact) mass is 190 g/mol. The highest BCUT2D eigenvalue weighted by atomic mass is 16.6. The Balaban J connectivity index is 2.76. The van der Waals surface area contributed by atoms with E-state index in [1.54, 1.807) is 18.2 Å². The van der Waals surface area contributed by atoms with Crippen LogP contribution in [0.5, 0.6) is 5.75 Å². The fraction of sp³-hybridized carbons (Fsp3) is 0. The molecule has 1 aromatic carbocycles. The topological polar surface area (TPSA) is 76.3 Å². The van der Waals surface area contributed by atoms with E-state index in [-0.39, 0.29) is 17.1 Å². The number of phenols is 1. The third-order valence-electron chi connectivity index (χ3n) is 1.87. The Kier molecular flexibility index (Phi) is 1.78. The normalized spacial score (nSPS) is 10.3. The molecule has 1 N–H and O–H groups in total. The first-order valence-electron chi connectivity index (χ1n) is 3.91. The molecule has 70 valence electrons. The standard InChI is InChI=1S/C9H6N2O3/c12-7-3-1-2-6-4-5-8(11(13)14)10-9(6)7/h1-5,12H. The van der Waals surface area contributed by atoms with E-state index in [2.05, 4.69) is 4.98 Å². The lowest BCUT2D eigenvalue weighted by molar-refractivity contribution is -0.389. The molecule has 0 spiro atoms. The predicted molar refractivity (Wildman–Crippen MR) is 50.1 cm³/mol. The van der Waals surface area contributed by atoms with Crippen LogP contribution in [0.4, 0.5) is 5.82 Å². The van der Waals surface area contributed by atoms with Gasteiger partial charge in [0.2, 0.25) is 5.52 Å². The summed E-state index contributed by atoms with van der Waals surface area (Å²) in [6.07, 6.45) is 0. The average Bonchev–Trinajstić information content (AvgIpc) is 2.18. The van der Waals surface area contributed by atoms with Crippen LogP contribution < -0.4 is 0 Å². The summed E-state index contributed by atoms with van der Waals surface area (Å²) in [5.41, 5.74) is 0.252. The van der Waals surface area contributed by atoms with Gasteiger partial charge in [-0.1, -0.05) is 12.1 Å². The number of nitrogens with zero attached hydrogens (tertiary/aromatic N) is 2. The molecule has 2 aromatic rings. The number of phenolic OH excluding ortho intramolecular Hbond substituents is 1. The molecule has 14 heavy (non-hydrogen) atoms. The zero-order chi connectivity index (χ0) is 10.1. The zero-order valence-corrected chi connectivity index (χ0v) is 7.04. The largest absolute Gasteiger partial charge is 0.504 e. The Morgan fingerprint density at radius 2 is 2.07 bits per heavy atom. The molecule has 0 radical (unpaired) electrons. The van der Waals surface area contributed by atoms with Gasteiger partial charge in [-0.15, -0.1) is 0 Å². The van der Waals surface area contributed by atoms with Crippen LogP contribution in [0.25, 0.3) is 10.9 Å². The van der Waals surface area contributed by atoms with E-state index in [0.29, 0.717) is 5.39 Å². The molecule has 0 aliphatic heterocycles. The van der Waals surface area contributed by atoms with Crippen molar-refractivity contribution >= 4 is 16.7 Å². The Hall–Kier alpha value is -2.17. The maximum atomic E-state index is 10.4. The second kappa shape index (κ2) is 2.95. The summed E-state index contributed by atoms with van der Waals surface area (Å²) in [4.78, 5) is 13.6. The average molecular weight is 190 g/mol. The van der Waals surface area contributed by atoms with Crippen molar-refractivity contribution in [1.82, 2.24) is 4.98 Å². The third kappa shape index (κ3) is 1.24. The number of nitro groups is 1. The van der Waals surface area contributed by atoms with Crippen molar-refractivity contribution in [3.05, 3.63) is 40.4 Å². The van der Waals surface area contributed by atoms with Gasteiger partial charge < -0.3 is 15.2 Å². The molecule has 5 nitrogen and oxygen atoms in total. The van der Waals surface area contributed by atoms with Crippen molar-refractivity contribution in [3.63, 3.8) is 0 Å². The van der Waals surface area contributed by atoms with Gasteiger partial charge in [0.1, 0.15) is 0 Å². The van der Waals surface area contributed by atoms with E-state index in [1.165, 1.54) is 12.1 Å². The first-order chi connectivity index (χ1) is 6.68. The molecular weight excluding hydrogens is 184 g/mol. The van der Waals surface area contributed by atoms with Crippen molar-refractivity contribution in [3.8, 4) is 5.75 Å². The van der Waals surface area contributed by atoms with E-state index in [0.717, 1.165) is 0 Å². The molecule has 5 heteroatoms. The van der Waals surface area contributed by atoms with Crippen LogP contribution in [-0.2, 0) is 0 Å². The lowest BCUT2D eigenvalue weighted by atomic mass is 10.2. The molecule has 0 bridgehead atoms. The van der Waals surface area contributed by atoms with Crippen molar-refractivity contribution in [2.45, 2.75) is 0 Å². The van der Waals surface area contributed by atoms with Gasteiger partial charge in [-0.2, -0.15) is 0 Å². The summed E-state index contributed by atoms with van der Waals surface area (Å²) < 4.78 is 0. The lowest BCUT2D eigenvalue weighted by Gasteiger charge is -1.96. The minimum atomic E-state index is -0.591. The van der Waals surface area contributed by atoms with Crippen LogP contribution in [0.3, 0.4) is 0 Å². The van der Waals surface area contributed by atoms with E-state index in [9.17, 15) is 15.2 Å². The Bertz CT molecular complexity index is 510. The number of hydrogen-bond acceptors (Lipinski definition) is 4. The van der Waals surface area contributed by atoms with Gasteiger partial charge >= 0.3 is 5.82 Å². The van der Waals surface area contributed by atoms with E-state index in [1.807, 2.05) is 0 Å². The SMILES string of the molecule is O=[N+]([O-])c1ccc2cccc(O)c2n1. The number of aromatic nitrogens is 1. The first-order valence-corrected chi connectivity index (χ1v) is 3.91. The zero-order valence-electron chi connectivity index (χ0n) is 7.04. The molecule has 0 atom stereocenters. The molecule has 0 saturated heterocycles. The molecule has 0 amide bonds. The van der Waals surface area contributed by atoms with Crippen LogP contribution in [0.1, 0.15) is 0 Å². The minimum Gasteiger partial charge on any atom is -0.504 e. The van der Waals surface area contributed by atoms with Gasteiger partial charge in [0, 0.05) is 11.5 Å². The Morgan fingerprint density at radius 1 is 1.29 bits per heavy atom. The van der Waals surface area contributed by atoms with E-state index < -0.39 is 4.92 Å². The maximum absolute atomic E-state index is 10.4. The third-order valence-corrected chi connectivity index (χ3v) is 1.87. The molecule has 0 aliphatic rings. The van der Waals surface area contributed by atoms with E-state index >= 15 is 0 Å². The number of rotatable bonds is 1. The summed E-state index contributed by atoms with van der Waals surface area (Å²) in [6, 6.07) is 7.69. The predicted octanol–water partition coefficient (Wildman–Crippen LogP) is 1.85. The van der Waals surface area contributed by atoms with Crippen LogP contribution in [0.15, 0.2) is 30.3 Å². The van der Waals surface area contributed by atoms with Gasteiger partial charge in [-0.25, -0.2) is 0 Å². The highest BCUT2D eigenvalue weighted by Crippen LogP contribution is 2.24. The van der Waals surface area contributed by atoms with Crippen molar-refractivity contribution < 1.29 is 10.0 Å². The number of pyridine rings is 1. The van der Waals surface area contributed by atoms with Crippen molar-refractivity contribution in [1.29, 1.82) is 0 Å². The molecule has 2 rings (SSSR count). The highest BCUT2D eigenvalue weighted by molar-refractivity contribution is 5.84. The van der Waals surface area contributed by atoms with Crippen LogP contribution >= 0.6 is 0 Å². The molecule has 1 heterocycles. The fourth-order valence-electron chi connectivity index (χ4n) is 1.22. The lowest BCUT2D eigenvalue weighted by Crippen LogP contribution is -1.91. The van der Waals surface area contributed by atoms with Crippen molar-refractivity contribution in [2.24, 2.45) is 0 Å². The minimum absolute atomic E-state index is 0.0498. The Labute approximate surface area is 78.8 Å². The second-order valence-corrected chi connectivity index (χ2v) is 2.78. The molecule has 0 unspecified atom stereocenters. The number of aromatic hydroxyl groups is 1. The van der Waals surface area contributed by atoms with E-state index in [4.69, 9.17) is 0 Å². The molecular formula is C9H6N2O3. The van der Waals surface area contributed by atoms with Gasteiger partial charge in [0.15, 0.2) is 5.75 Å². The summed E-state index contributed by atoms with van der Waals surface area (Å²) in [5, 5.41) is 20.5. The van der Waals surface area contributed by atoms with Gasteiger partial charge in [0.05, 0.1) is 0 Å². The maximum Gasteiger partial charge on any atom is 0.364 e. The quantitative estimate of drug-likeness (QED) is 0.549. The molecule has 0 aliphatic carbocycles. The summed E-state index contributed by atoms with van der Waals surface area (Å²) >= 11 is 0. The Morgan fingerprint density at radius 3 is 2.79 bits per heavy atom. The number of hydrogen-bond donors (Lipinski definition) is 1. The summed E-state index contributed by atoms with van der Waals surface area (Å²) in [5.74, 6) is -0.315. The molecule has 0 saturated carbocycles. The van der Waals surface area contributed by atoms with Gasteiger partial charge in [-0.05, 0) is 22.0 Å². The van der Waals surface area contributed by atoms with Crippen molar-refractivity contribution in [2.75, 3.05) is 0 Å². The smallest absolute Gasteiger partial charge is 0.364 e. The van der Waals surface area contributed by atoms with Crippen LogP contribution in [0, 0.1) is 10.1 Å². The first kappa shape index (κ1) is 8.43. The number of fused-ring (bicyclic) bond motifs is 1. The summed E-state index contributed by atoms with van der Waals surface area (Å²) in [6.45, 7) is 0. The van der Waals surface area contributed by atoms with Crippen LogP contribution in [-0.4, -0.2) is 15.0 Å². The summed E-state index contributed by atoms with van der Waals surface area (Å²) in [7, 11) is 0. The molecule has 1 aromatic heterocycles. The van der Waals surface area contributed by atoms with Gasteiger partial charge in [0.25, 0.3) is 0 Å². The number of benzene rings is 1.